The average molecular weight is 585 g/mol. The fourth-order valence-corrected chi connectivity index (χ4v) is 5.96. The first-order valence-electron chi connectivity index (χ1n) is 13.3. The number of pyridine rings is 3. The summed E-state index contributed by atoms with van der Waals surface area (Å²) in [5, 5.41) is 20.3. The molecule has 0 bridgehead atoms. The van der Waals surface area contributed by atoms with Crippen molar-refractivity contribution in [1.82, 2.24) is 15.0 Å². The standard InChI is InChI=1S/C34H24N4O4S/c1-21-16-31(38(25-8-4-2-5-9-25)26-10-6-3-7-11-26)43-32(21)22-12-14-35-27(17-22)29-19-24(34(41)42)20-30(37-29)28-18-23(33(39)40)13-15-36-28/h2-20H,1H3,(H,39,40)(H,41,42). The van der Waals surface area contributed by atoms with Gasteiger partial charge in [0.1, 0.15) is 5.00 Å². The predicted molar refractivity (Wildman–Crippen MR) is 167 cm³/mol. The molecule has 0 aliphatic heterocycles. The molecule has 4 heterocycles. The van der Waals surface area contributed by atoms with Crippen molar-refractivity contribution in [2.45, 2.75) is 6.92 Å². The number of aromatic nitrogens is 3. The van der Waals surface area contributed by atoms with Gasteiger partial charge in [0.05, 0.1) is 33.9 Å². The highest BCUT2D eigenvalue weighted by Crippen LogP contribution is 2.44. The average Bonchev–Trinajstić information content (AvgIpc) is 3.42. The largest absolute Gasteiger partial charge is 0.478 e. The Bertz CT molecular complexity index is 1920. The minimum atomic E-state index is -1.14. The van der Waals surface area contributed by atoms with E-state index in [1.165, 1.54) is 30.5 Å². The maximum atomic E-state index is 12.0. The van der Waals surface area contributed by atoms with Gasteiger partial charge in [-0.3, -0.25) is 9.97 Å². The summed E-state index contributed by atoms with van der Waals surface area (Å²) in [5.74, 6) is -2.26. The minimum absolute atomic E-state index is 0.00862. The second-order valence-electron chi connectivity index (χ2n) is 9.70. The van der Waals surface area contributed by atoms with E-state index in [4.69, 9.17) is 0 Å². The van der Waals surface area contributed by atoms with Gasteiger partial charge < -0.3 is 15.1 Å². The molecule has 0 saturated heterocycles. The molecule has 2 aromatic carbocycles. The van der Waals surface area contributed by atoms with Crippen LogP contribution in [-0.4, -0.2) is 37.1 Å². The summed E-state index contributed by atoms with van der Waals surface area (Å²) in [6.45, 7) is 2.06. The maximum absolute atomic E-state index is 12.0. The van der Waals surface area contributed by atoms with Crippen LogP contribution >= 0.6 is 11.3 Å². The lowest BCUT2D eigenvalue weighted by Crippen LogP contribution is -2.07. The summed E-state index contributed by atoms with van der Waals surface area (Å²) in [7, 11) is 0. The lowest BCUT2D eigenvalue weighted by atomic mass is 10.1. The molecule has 6 aromatic rings. The number of para-hydroxylation sites is 2. The van der Waals surface area contributed by atoms with Gasteiger partial charge >= 0.3 is 11.9 Å². The smallest absolute Gasteiger partial charge is 0.335 e. The Labute approximate surface area is 251 Å². The molecule has 0 aliphatic rings. The van der Waals surface area contributed by atoms with Crippen molar-refractivity contribution >= 4 is 39.7 Å². The fraction of sp³-hybridized carbons (Fsp3) is 0.0294. The number of aryl methyl sites for hydroxylation is 1. The van der Waals surface area contributed by atoms with Crippen molar-refractivity contribution in [2.75, 3.05) is 4.90 Å². The van der Waals surface area contributed by atoms with Gasteiger partial charge in [-0.2, -0.15) is 0 Å². The molecule has 2 N–H and O–H groups in total. The van der Waals surface area contributed by atoms with Gasteiger partial charge in [-0.1, -0.05) is 36.4 Å². The van der Waals surface area contributed by atoms with Crippen molar-refractivity contribution in [2.24, 2.45) is 0 Å². The third-order valence-corrected chi connectivity index (χ3v) is 8.05. The zero-order valence-corrected chi connectivity index (χ0v) is 23.7. The van der Waals surface area contributed by atoms with Crippen LogP contribution in [0.2, 0.25) is 0 Å². The second-order valence-corrected chi connectivity index (χ2v) is 10.7. The number of aromatic carboxylic acids is 2. The molecule has 0 radical (unpaired) electrons. The van der Waals surface area contributed by atoms with Crippen LogP contribution in [0, 0.1) is 6.92 Å². The van der Waals surface area contributed by atoms with Gasteiger partial charge in [-0.25, -0.2) is 14.6 Å². The van der Waals surface area contributed by atoms with E-state index in [1.54, 1.807) is 17.5 Å². The second kappa shape index (κ2) is 11.7. The fourth-order valence-electron chi connectivity index (χ4n) is 4.75. The maximum Gasteiger partial charge on any atom is 0.335 e. The van der Waals surface area contributed by atoms with Crippen LogP contribution in [0.1, 0.15) is 26.3 Å². The first-order valence-corrected chi connectivity index (χ1v) is 14.1. The van der Waals surface area contributed by atoms with Gasteiger partial charge in [0.15, 0.2) is 0 Å². The molecule has 43 heavy (non-hydrogen) atoms. The molecule has 210 valence electrons. The molecule has 6 rings (SSSR count). The van der Waals surface area contributed by atoms with E-state index in [0.29, 0.717) is 11.4 Å². The summed E-state index contributed by atoms with van der Waals surface area (Å²) in [6.07, 6.45) is 3.03. The Balaban J connectivity index is 1.42. The van der Waals surface area contributed by atoms with Crippen LogP contribution in [0.5, 0.6) is 0 Å². The van der Waals surface area contributed by atoms with Crippen LogP contribution in [0.25, 0.3) is 33.2 Å². The molecule has 0 fully saturated rings. The van der Waals surface area contributed by atoms with E-state index in [-0.39, 0.29) is 22.5 Å². The normalized spacial score (nSPS) is 10.8. The van der Waals surface area contributed by atoms with Crippen LogP contribution in [0.3, 0.4) is 0 Å². The third-order valence-electron chi connectivity index (χ3n) is 6.78. The van der Waals surface area contributed by atoms with Crippen molar-refractivity contribution in [3.63, 3.8) is 0 Å². The van der Waals surface area contributed by atoms with Gasteiger partial charge in [-0.15, -0.1) is 11.3 Å². The molecule has 0 unspecified atom stereocenters. The Morgan fingerprint density at radius 1 is 0.651 bits per heavy atom. The monoisotopic (exact) mass is 584 g/mol. The lowest BCUT2D eigenvalue weighted by Gasteiger charge is -2.23. The summed E-state index contributed by atoms with van der Waals surface area (Å²) in [4.78, 5) is 40.1. The first-order chi connectivity index (χ1) is 20.9. The zero-order valence-electron chi connectivity index (χ0n) is 22.9. The van der Waals surface area contributed by atoms with Gasteiger partial charge in [0.25, 0.3) is 0 Å². The number of carboxylic acid groups (broad SMARTS) is 2. The molecule has 0 atom stereocenters. The van der Waals surface area contributed by atoms with E-state index < -0.39 is 11.9 Å². The van der Waals surface area contributed by atoms with Crippen molar-refractivity contribution in [1.29, 1.82) is 0 Å². The van der Waals surface area contributed by atoms with Crippen LogP contribution in [0.4, 0.5) is 16.4 Å². The summed E-state index contributed by atoms with van der Waals surface area (Å²) >= 11 is 1.64. The topological polar surface area (TPSA) is 117 Å². The molecule has 4 aromatic heterocycles. The quantitative estimate of drug-likeness (QED) is 0.184. The van der Waals surface area contributed by atoms with Crippen LogP contribution in [-0.2, 0) is 0 Å². The molecule has 0 spiro atoms. The highest BCUT2D eigenvalue weighted by atomic mass is 32.1. The molecule has 0 aliphatic carbocycles. The van der Waals surface area contributed by atoms with Crippen molar-refractivity contribution < 1.29 is 19.8 Å². The van der Waals surface area contributed by atoms with E-state index in [0.717, 1.165) is 32.4 Å². The number of nitrogens with zero attached hydrogens (tertiary/aromatic N) is 4. The van der Waals surface area contributed by atoms with E-state index in [9.17, 15) is 19.8 Å². The number of hydrogen-bond acceptors (Lipinski definition) is 7. The van der Waals surface area contributed by atoms with E-state index in [1.807, 2.05) is 48.5 Å². The SMILES string of the molecule is Cc1cc(N(c2ccccc2)c2ccccc2)sc1-c1ccnc(-c2cc(C(=O)O)cc(-c3cc(C(=O)O)ccn3)n2)c1. The number of hydrogen-bond donors (Lipinski definition) is 2. The highest BCUT2D eigenvalue weighted by molar-refractivity contribution is 7.19. The molecular weight excluding hydrogens is 560 g/mol. The Hall–Kier alpha value is -5.67. The molecule has 8 nitrogen and oxygen atoms in total. The van der Waals surface area contributed by atoms with E-state index >= 15 is 0 Å². The summed E-state index contributed by atoms with van der Waals surface area (Å²) in [6, 6.07) is 31.9. The Morgan fingerprint density at radius 2 is 1.19 bits per heavy atom. The van der Waals surface area contributed by atoms with Gasteiger partial charge in [0.2, 0.25) is 0 Å². The number of carbonyl (C=O) groups is 2. The third kappa shape index (κ3) is 5.74. The number of rotatable bonds is 8. The minimum Gasteiger partial charge on any atom is -0.478 e. The number of benzene rings is 2. The lowest BCUT2D eigenvalue weighted by molar-refractivity contribution is 0.0686. The molecular formula is C34H24N4O4S. The Kier molecular flexibility index (Phi) is 7.46. The van der Waals surface area contributed by atoms with Gasteiger partial charge in [-0.05, 0) is 84.8 Å². The number of thiophene rings is 1. The van der Waals surface area contributed by atoms with Crippen molar-refractivity contribution in [3.8, 4) is 33.2 Å². The Morgan fingerprint density at radius 3 is 1.77 bits per heavy atom. The van der Waals surface area contributed by atoms with Crippen LogP contribution in [0.15, 0.2) is 116 Å². The molecule has 0 saturated carbocycles. The highest BCUT2D eigenvalue weighted by Gasteiger charge is 2.19. The number of anilines is 3. The first kappa shape index (κ1) is 27.5. The summed E-state index contributed by atoms with van der Waals surface area (Å²) < 4.78 is 0. The molecule has 9 heteroatoms. The van der Waals surface area contributed by atoms with Crippen molar-refractivity contribution in [3.05, 3.63) is 132 Å². The van der Waals surface area contributed by atoms with E-state index in [2.05, 4.69) is 57.1 Å². The van der Waals surface area contributed by atoms with Crippen LogP contribution < -0.4 is 4.90 Å². The molecule has 0 amide bonds. The summed E-state index contributed by atoms with van der Waals surface area (Å²) in [5.41, 5.74) is 5.40. The van der Waals surface area contributed by atoms with Gasteiger partial charge in [0, 0.05) is 28.6 Å². The number of carboxylic acids is 2. The zero-order chi connectivity index (χ0) is 29.9. The predicted octanol–water partition coefficient (Wildman–Crippen LogP) is 8.11.